The van der Waals surface area contributed by atoms with E-state index in [9.17, 15) is 0 Å². The molecule has 4 rings (SSSR count). The molecule has 0 spiro atoms. The van der Waals surface area contributed by atoms with Crippen LogP contribution in [-0.2, 0) is 0 Å². The first-order valence-electron chi connectivity index (χ1n) is 9.00. The van der Waals surface area contributed by atoms with Crippen molar-refractivity contribution in [3.05, 3.63) is 41.7 Å². The van der Waals surface area contributed by atoms with E-state index < -0.39 is 0 Å². The first kappa shape index (κ1) is 23.4. The van der Waals surface area contributed by atoms with Crippen molar-refractivity contribution in [2.24, 2.45) is 5.73 Å². The van der Waals surface area contributed by atoms with Crippen LogP contribution >= 0.6 is 36.4 Å². The average molecular weight is 460 g/mol. The Hall–Kier alpha value is -1.86. The van der Waals surface area contributed by atoms with Crippen LogP contribution in [0.2, 0.25) is 5.02 Å². The number of pyridine rings is 1. The second-order valence-electron chi connectivity index (χ2n) is 6.81. The van der Waals surface area contributed by atoms with Crippen LogP contribution < -0.4 is 20.1 Å². The molecule has 1 aliphatic heterocycles. The van der Waals surface area contributed by atoms with Crippen molar-refractivity contribution in [1.29, 1.82) is 0 Å². The van der Waals surface area contributed by atoms with Gasteiger partial charge in [-0.1, -0.05) is 11.6 Å². The zero-order valence-corrected chi connectivity index (χ0v) is 18.7. The second kappa shape index (κ2) is 9.76. The molecule has 29 heavy (non-hydrogen) atoms. The zero-order valence-electron chi connectivity index (χ0n) is 16.3. The number of fused-ring (bicyclic) bond motifs is 1. The fraction of sp³-hybridized carbons (Fsp3) is 0.350. The van der Waals surface area contributed by atoms with Gasteiger partial charge in [-0.3, -0.25) is 0 Å². The summed E-state index contributed by atoms with van der Waals surface area (Å²) in [5, 5.41) is 0.522. The van der Waals surface area contributed by atoms with Gasteiger partial charge in [0.25, 0.3) is 0 Å². The van der Waals surface area contributed by atoms with E-state index in [4.69, 9.17) is 31.8 Å². The monoisotopic (exact) mass is 458 g/mol. The summed E-state index contributed by atoms with van der Waals surface area (Å²) in [6.45, 7) is 1.91. The molecule has 0 saturated carbocycles. The topological polar surface area (TPSA) is 65.0 Å². The predicted molar refractivity (Wildman–Crippen MR) is 123 cm³/mol. The maximum Gasteiger partial charge on any atom is 0.141 e. The molecule has 2 aromatic heterocycles. The van der Waals surface area contributed by atoms with Crippen LogP contribution in [-0.4, -0.2) is 42.7 Å². The molecule has 6 nitrogen and oxygen atoms in total. The third-order valence-electron chi connectivity index (χ3n) is 5.02. The van der Waals surface area contributed by atoms with Crippen LogP contribution in [0.25, 0.3) is 16.9 Å². The van der Waals surface area contributed by atoms with Crippen LogP contribution in [0.3, 0.4) is 0 Å². The smallest absolute Gasteiger partial charge is 0.141 e. The molecule has 3 heterocycles. The zero-order chi connectivity index (χ0) is 19.0. The van der Waals surface area contributed by atoms with Crippen molar-refractivity contribution >= 4 is 47.7 Å². The van der Waals surface area contributed by atoms with Crippen LogP contribution in [0.4, 0.5) is 5.69 Å². The minimum absolute atomic E-state index is 0. The van der Waals surface area contributed by atoms with Crippen molar-refractivity contribution in [3.8, 4) is 22.8 Å². The molecule has 158 valence electrons. The van der Waals surface area contributed by atoms with E-state index in [2.05, 4.69) is 17.0 Å². The lowest BCUT2D eigenvalue weighted by Gasteiger charge is -2.32. The number of piperidine rings is 1. The number of ether oxygens (including phenoxy) is 2. The molecule has 0 amide bonds. The number of imidazole rings is 1. The SMILES string of the molecule is COc1cc(OC)c(-c2cn3ccc(N4CCCC(N)C4)cc3n2)cc1Cl.Cl.Cl. The van der Waals surface area contributed by atoms with Crippen LogP contribution in [0.15, 0.2) is 36.7 Å². The van der Waals surface area contributed by atoms with Crippen molar-refractivity contribution in [2.45, 2.75) is 18.9 Å². The molecule has 0 aliphatic carbocycles. The van der Waals surface area contributed by atoms with Gasteiger partial charge in [0.1, 0.15) is 17.1 Å². The minimum atomic E-state index is 0. The molecule has 9 heteroatoms. The van der Waals surface area contributed by atoms with Crippen molar-refractivity contribution in [1.82, 2.24) is 9.38 Å². The molecule has 1 atom stereocenters. The Morgan fingerprint density at radius 1 is 1.14 bits per heavy atom. The van der Waals surface area contributed by atoms with E-state index in [1.807, 2.05) is 22.9 Å². The Morgan fingerprint density at radius 3 is 2.59 bits per heavy atom. The normalized spacial score (nSPS) is 16.1. The van der Waals surface area contributed by atoms with E-state index in [-0.39, 0.29) is 30.9 Å². The number of methoxy groups -OCH3 is 2. The van der Waals surface area contributed by atoms with Gasteiger partial charge in [-0.25, -0.2) is 4.98 Å². The first-order chi connectivity index (χ1) is 13.1. The predicted octanol–water partition coefficient (Wildman–Crippen LogP) is 4.44. The summed E-state index contributed by atoms with van der Waals surface area (Å²) in [7, 11) is 3.21. The van der Waals surface area contributed by atoms with Crippen LogP contribution in [0, 0.1) is 0 Å². The molecule has 0 bridgehead atoms. The lowest BCUT2D eigenvalue weighted by molar-refractivity contribution is 0.395. The summed E-state index contributed by atoms with van der Waals surface area (Å²) in [4.78, 5) is 7.12. The van der Waals surface area contributed by atoms with Crippen molar-refractivity contribution in [2.75, 3.05) is 32.2 Å². The third-order valence-corrected chi connectivity index (χ3v) is 5.31. The molecule has 1 fully saturated rings. The molecule has 1 saturated heterocycles. The van der Waals surface area contributed by atoms with Crippen LogP contribution in [0.1, 0.15) is 12.8 Å². The highest BCUT2D eigenvalue weighted by Crippen LogP contribution is 2.38. The molecule has 1 aromatic carbocycles. The van der Waals surface area contributed by atoms with Gasteiger partial charge >= 0.3 is 0 Å². The molecule has 3 aromatic rings. The van der Waals surface area contributed by atoms with E-state index in [0.29, 0.717) is 16.5 Å². The van der Waals surface area contributed by atoms with E-state index in [1.165, 1.54) is 0 Å². The standard InChI is InChI=1S/C20H23ClN4O2.2ClH/c1-26-18-10-19(27-2)16(21)9-15(18)17-12-25-7-5-14(8-20(25)23-17)24-6-3-4-13(22)11-24;;/h5,7-10,12-13H,3-4,6,11,22H2,1-2H3;2*1H. The lowest BCUT2D eigenvalue weighted by atomic mass is 10.1. The van der Waals surface area contributed by atoms with Gasteiger partial charge in [0.2, 0.25) is 0 Å². The van der Waals surface area contributed by atoms with Gasteiger partial charge in [-0.05, 0) is 25.0 Å². The summed E-state index contributed by atoms with van der Waals surface area (Å²) in [5.41, 5.74) is 9.77. The number of benzene rings is 1. The summed E-state index contributed by atoms with van der Waals surface area (Å²) in [5.74, 6) is 1.24. The fourth-order valence-corrected chi connectivity index (χ4v) is 3.84. The molecular weight excluding hydrogens is 435 g/mol. The second-order valence-corrected chi connectivity index (χ2v) is 7.22. The summed E-state index contributed by atoms with van der Waals surface area (Å²) >= 11 is 6.31. The van der Waals surface area contributed by atoms with Gasteiger partial charge < -0.3 is 24.5 Å². The highest BCUT2D eigenvalue weighted by atomic mass is 35.5. The molecule has 1 unspecified atom stereocenters. The summed E-state index contributed by atoms with van der Waals surface area (Å²) < 4.78 is 12.8. The third kappa shape index (κ3) is 4.67. The maximum atomic E-state index is 6.31. The summed E-state index contributed by atoms with van der Waals surface area (Å²) in [6.07, 6.45) is 6.21. The lowest BCUT2D eigenvalue weighted by Crippen LogP contribution is -2.42. The molecule has 1 aliphatic rings. The number of rotatable bonds is 4. The highest BCUT2D eigenvalue weighted by molar-refractivity contribution is 6.32. The Kier molecular flexibility index (Phi) is 7.88. The Bertz CT molecular complexity index is 980. The molecule has 0 radical (unpaired) electrons. The van der Waals surface area contributed by atoms with Gasteiger partial charge in [0.05, 0.1) is 24.9 Å². The van der Waals surface area contributed by atoms with Gasteiger partial charge in [0.15, 0.2) is 0 Å². The van der Waals surface area contributed by atoms with Gasteiger partial charge in [-0.2, -0.15) is 0 Å². The van der Waals surface area contributed by atoms with Gasteiger partial charge in [0, 0.05) is 54.9 Å². The quantitative estimate of drug-likeness (QED) is 0.625. The minimum Gasteiger partial charge on any atom is -0.496 e. The average Bonchev–Trinajstić information content (AvgIpc) is 3.11. The number of nitrogens with zero attached hydrogens (tertiary/aromatic N) is 3. The van der Waals surface area contributed by atoms with Crippen LogP contribution in [0.5, 0.6) is 11.5 Å². The van der Waals surface area contributed by atoms with E-state index in [1.54, 1.807) is 20.3 Å². The van der Waals surface area contributed by atoms with Crippen molar-refractivity contribution < 1.29 is 9.47 Å². The largest absolute Gasteiger partial charge is 0.496 e. The Labute approximate surface area is 187 Å². The highest BCUT2D eigenvalue weighted by Gasteiger charge is 2.18. The van der Waals surface area contributed by atoms with E-state index in [0.717, 1.165) is 48.5 Å². The first-order valence-corrected chi connectivity index (χ1v) is 9.38. The van der Waals surface area contributed by atoms with Gasteiger partial charge in [-0.15, -0.1) is 24.8 Å². The summed E-state index contributed by atoms with van der Waals surface area (Å²) in [6, 6.07) is 8.04. The fourth-order valence-electron chi connectivity index (χ4n) is 3.60. The Morgan fingerprint density at radius 2 is 1.90 bits per heavy atom. The number of hydrogen-bond donors (Lipinski definition) is 1. The molecular formula is C20H25Cl3N4O2. The number of hydrogen-bond acceptors (Lipinski definition) is 5. The van der Waals surface area contributed by atoms with E-state index >= 15 is 0 Å². The molecule has 2 N–H and O–H groups in total. The number of anilines is 1. The number of halogens is 3. The Balaban J connectivity index is 0.00000150. The number of nitrogens with two attached hydrogens (primary N) is 1. The number of aromatic nitrogens is 2. The van der Waals surface area contributed by atoms with Crippen molar-refractivity contribution in [3.63, 3.8) is 0 Å². The maximum absolute atomic E-state index is 6.31.